The Morgan fingerprint density at radius 1 is 1.14 bits per heavy atom. The van der Waals surface area contributed by atoms with Crippen molar-refractivity contribution < 1.29 is 31.9 Å². The number of phenols is 1. The first-order valence-corrected chi connectivity index (χ1v) is 11.5. The predicted molar refractivity (Wildman–Crippen MR) is 125 cm³/mol. The van der Waals surface area contributed by atoms with Crippen molar-refractivity contribution in [2.45, 2.75) is 0 Å². The van der Waals surface area contributed by atoms with E-state index in [1.165, 1.54) is 44.7 Å². The number of aromatic nitrogens is 2. The van der Waals surface area contributed by atoms with Crippen molar-refractivity contribution in [3.63, 3.8) is 0 Å². The summed E-state index contributed by atoms with van der Waals surface area (Å²) >= 11 is 0. The van der Waals surface area contributed by atoms with Gasteiger partial charge in [-0.3, -0.25) is 14.3 Å². The number of carbonyl (C=O) groups is 2. The van der Waals surface area contributed by atoms with Crippen molar-refractivity contribution >= 4 is 39.0 Å². The number of pyridine rings is 1. The van der Waals surface area contributed by atoms with E-state index in [9.17, 15) is 27.5 Å². The summed E-state index contributed by atoms with van der Waals surface area (Å²) in [6.45, 7) is 0. The van der Waals surface area contributed by atoms with Crippen molar-refractivity contribution in [3.05, 3.63) is 77.1 Å². The Balaban J connectivity index is 1.80. The fourth-order valence-electron chi connectivity index (χ4n) is 3.38. The maximum atomic E-state index is 15.1. The molecule has 12 heteroatoms. The molecule has 4 rings (SSSR count). The number of hydrogen-bond acceptors (Lipinski definition) is 6. The van der Waals surface area contributed by atoms with Crippen LogP contribution in [0.2, 0.25) is 0 Å². The van der Waals surface area contributed by atoms with Crippen LogP contribution in [0, 0.1) is 11.6 Å². The van der Waals surface area contributed by atoms with Crippen molar-refractivity contribution in [1.82, 2.24) is 14.3 Å². The Morgan fingerprint density at radius 3 is 2.54 bits per heavy atom. The lowest BCUT2D eigenvalue weighted by atomic mass is 9.99. The summed E-state index contributed by atoms with van der Waals surface area (Å²) in [5.41, 5.74) is -0.330. The van der Waals surface area contributed by atoms with E-state index in [1.807, 2.05) is 4.72 Å². The highest BCUT2D eigenvalue weighted by atomic mass is 32.2. The number of anilines is 1. The fraction of sp³-hybridized carbons (Fsp3) is 0.0870. The lowest BCUT2D eigenvalue weighted by Gasteiger charge is -2.15. The molecule has 180 valence electrons. The van der Waals surface area contributed by atoms with Gasteiger partial charge in [0.15, 0.2) is 12.1 Å². The minimum Gasteiger partial charge on any atom is -0.507 e. The molecule has 9 nitrogen and oxygen atoms in total. The van der Waals surface area contributed by atoms with Crippen LogP contribution < -0.4 is 4.72 Å². The van der Waals surface area contributed by atoms with Crippen molar-refractivity contribution in [3.8, 4) is 16.9 Å². The van der Waals surface area contributed by atoms with Gasteiger partial charge in [-0.15, -0.1) is 0 Å². The van der Waals surface area contributed by atoms with Crippen LogP contribution in [-0.2, 0) is 10.2 Å². The number of aromatic hydroxyl groups is 1. The quantitative estimate of drug-likeness (QED) is 0.263. The molecule has 0 bridgehead atoms. The van der Waals surface area contributed by atoms with E-state index in [4.69, 9.17) is 0 Å². The summed E-state index contributed by atoms with van der Waals surface area (Å²) in [7, 11) is -1.67. The summed E-state index contributed by atoms with van der Waals surface area (Å²) in [4.78, 5) is 31.1. The molecular weight excluding hydrogens is 482 g/mol. The summed E-state index contributed by atoms with van der Waals surface area (Å²) in [5, 5.41) is 10.2. The molecule has 35 heavy (non-hydrogen) atoms. The van der Waals surface area contributed by atoms with Gasteiger partial charge in [-0.25, -0.2) is 13.8 Å². The van der Waals surface area contributed by atoms with Crippen LogP contribution in [0.25, 0.3) is 22.2 Å². The number of rotatable bonds is 7. The number of halogens is 2. The third-order valence-corrected chi connectivity index (χ3v) is 6.74. The van der Waals surface area contributed by atoms with Crippen LogP contribution in [0.5, 0.6) is 5.75 Å². The second-order valence-electron chi connectivity index (χ2n) is 7.72. The maximum Gasteiger partial charge on any atom is 0.301 e. The van der Waals surface area contributed by atoms with Gasteiger partial charge in [-0.05, 0) is 35.9 Å². The number of nitrogens with one attached hydrogen (secondary N) is 2. The van der Waals surface area contributed by atoms with Crippen LogP contribution in [0.3, 0.4) is 0 Å². The van der Waals surface area contributed by atoms with Gasteiger partial charge in [-0.2, -0.15) is 12.7 Å². The van der Waals surface area contributed by atoms with Crippen LogP contribution in [0.1, 0.15) is 26.3 Å². The van der Waals surface area contributed by atoms with E-state index in [1.54, 1.807) is 6.07 Å². The lowest BCUT2D eigenvalue weighted by Crippen LogP contribution is -2.29. The van der Waals surface area contributed by atoms with E-state index in [0.717, 1.165) is 16.4 Å². The molecule has 0 aliphatic carbocycles. The SMILES string of the molecule is CN(C)S(=O)(=O)Nc1ccc(F)c(C(=O)c2c[nH]c3ncc(-c4ccc(C=O)c(O)c4)cc23)c1F. The zero-order valence-corrected chi connectivity index (χ0v) is 19.2. The summed E-state index contributed by atoms with van der Waals surface area (Å²) in [6.07, 6.45) is 3.20. The first kappa shape index (κ1) is 24.0. The van der Waals surface area contributed by atoms with E-state index < -0.39 is 38.9 Å². The molecule has 0 aliphatic rings. The van der Waals surface area contributed by atoms with Gasteiger partial charge < -0.3 is 10.1 Å². The molecule has 0 radical (unpaired) electrons. The van der Waals surface area contributed by atoms with E-state index in [0.29, 0.717) is 17.4 Å². The summed E-state index contributed by atoms with van der Waals surface area (Å²) < 4.78 is 56.7. The molecule has 4 aromatic rings. The molecule has 0 saturated heterocycles. The number of aldehydes is 1. The van der Waals surface area contributed by atoms with Crippen LogP contribution >= 0.6 is 0 Å². The number of carbonyl (C=O) groups excluding carboxylic acids is 2. The van der Waals surface area contributed by atoms with Gasteiger partial charge in [0.1, 0.15) is 17.2 Å². The van der Waals surface area contributed by atoms with Crippen molar-refractivity contribution in [2.75, 3.05) is 18.8 Å². The number of ketones is 1. The van der Waals surface area contributed by atoms with Gasteiger partial charge in [0.2, 0.25) is 5.78 Å². The zero-order chi connectivity index (χ0) is 25.5. The van der Waals surface area contributed by atoms with Crippen LogP contribution in [0.15, 0.2) is 48.8 Å². The molecule has 3 N–H and O–H groups in total. The van der Waals surface area contributed by atoms with E-state index in [-0.39, 0.29) is 27.9 Å². The van der Waals surface area contributed by atoms with Gasteiger partial charge in [0, 0.05) is 43.0 Å². The predicted octanol–water partition coefficient (Wildman–Crippen LogP) is 3.48. The van der Waals surface area contributed by atoms with Crippen molar-refractivity contribution in [2.24, 2.45) is 0 Å². The van der Waals surface area contributed by atoms with Crippen molar-refractivity contribution in [1.29, 1.82) is 0 Å². The minimum atomic E-state index is -4.11. The first-order chi connectivity index (χ1) is 16.5. The number of nitrogens with zero attached hydrogens (tertiary/aromatic N) is 2. The Labute approximate surface area is 198 Å². The molecule has 2 aromatic carbocycles. The third-order valence-electron chi connectivity index (χ3n) is 5.30. The molecule has 0 atom stereocenters. The lowest BCUT2D eigenvalue weighted by molar-refractivity contribution is 0.103. The smallest absolute Gasteiger partial charge is 0.301 e. The molecule has 0 aliphatic heterocycles. The van der Waals surface area contributed by atoms with Crippen LogP contribution in [-0.4, -0.2) is 54.0 Å². The number of hydrogen-bond donors (Lipinski definition) is 3. The molecular formula is C23H18F2N4O5S. The standard InChI is InChI=1S/C23H18F2N4O5S/c1-29(2)35(33,34)28-18-6-5-17(24)20(21(18)25)22(32)16-10-27-23-15(16)7-14(9-26-23)12-3-4-13(11-30)19(31)8-12/h3-11,28,31H,1-2H3,(H,26,27). The average molecular weight is 500 g/mol. The van der Waals surface area contributed by atoms with Crippen LogP contribution in [0.4, 0.5) is 14.5 Å². The number of phenolic OH excluding ortho intramolecular Hbond substituents is 1. The first-order valence-electron chi connectivity index (χ1n) is 10.0. The third kappa shape index (κ3) is 4.36. The number of fused-ring (bicyclic) bond motifs is 1. The second kappa shape index (κ2) is 8.89. The highest BCUT2D eigenvalue weighted by Gasteiger charge is 2.26. The minimum absolute atomic E-state index is 0.0935. The topological polar surface area (TPSA) is 132 Å². The van der Waals surface area contributed by atoms with Gasteiger partial charge in [0.05, 0.1) is 16.8 Å². The molecule has 0 unspecified atom stereocenters. The maximum absolute atomic E-state index is 15.1. The average Bonchev–Trinajstić information content (AvgIpc) is 3.24. The highest BCUT2D eigenvalue weighted by Crippen LogP contribution is 2.31. The summed E-state index contributed by atoms with van der Waals surface area (Å²) in [6, 6.07) is 7.54. The van der Waals surface area contributed by atoms with Gasteiger partial charge in [-0.1, -0.05) is 6.07 Å². The number of aromatic amines is 1. The zero-order valence-electron chi connectivity index (χ0n) is 18.3. The second-order valence-corrected chi connectivity index (χ2v) is 9.60. The monoisotopic (exact) mass is 500 g/mol. The van der Waals surface area contributed by atoms with E-state index >= 15 is 4.39 Å². The molecule has 0 spiro atoms. The number of H-pyrrole nitrogens is 1. The molecule has 0 amide bonds. The van der Waals surface area contributed by atoms with E-state index in [2.05, 4.69) is 9.97 Å². The highest BCUT2D eigenvalue weighted by molar-refractivity contribution is 7.90. The Hall–Kier alpha value is -4.16. The molecule has 0 saturated carbocycles. The van der Waals surface area contributed by atoms with Gasteiger partial charge >= 0.3 is 10.2 Å². The van der Waals surface area contributed by atoms with Gasteiger partial charge in [0.25, 0.3) is 0 Å². The number of benzene rings is 2. The largest absolute Gasteiger partial charge is 0.507 e. The molecule has 2 aromatic heterocycles. The normalized spacial score (nSPS) is 11.7. The molecule has 2 heterocycles. The fourth-order valence-corrected chi connectivity index (χ4v) is 3.99. The Morgan fingerprint density at radius 2 is 1.89 bits per heavy atom. The molecule has 0 fully saturated rings. The summed E-state index contributed by atoms with van der Waals surface area (Å²) in [5.74, 6) is -3.82. The Kier molecular flexibility index (Phi) is 6.09. The Bertz CT molecular complexity index is 1600.